The van der Waals surface area contributed by atoms with E-state index in [2.05, 4.69) is 26.6 Å². The summed E-state index contributed by atoms with van der Waals surface area (Å²) in [5, 5.41) is 6.88. The SMILES string of the molecule is O=C(Nc1cc(Cl)ccc1Br)C1CCNc2ccccc21. The highest BCUT2D eigenvalue weighted by Gasteiger charge is 2.26. The molecule has 3 nitrogen and oxygen atoms in total. The molecular formula is C16H14BrClN2O. The smallest absolute Gasteiger partial charge is 0.232 e. The molecule has 2 aromatic carbocycles. The standard InChI is InChI=1S/C16H14BrClN2O/c17-13-6-5-10(18)9-15(13)20-16(21)12-7-8-19-14-4-2-1-3-11(12)14/h1-6,9,12,19H,7-8H2,(H,20,21). The van der Waals surface area contributed by atoms with Crippen molar-refractivity contribution in [3.05, 3.63) is 57.5 Å². The van der Waals surface area contributed by atoms with Gasteiger partial charge >= 0.3 is 0 Å². The van der Waals surface area contributed by atoms with Crippen molar-refractivity contribution in [2.75, 3.05) is 17.2 Å². The molecule has 0 bridgehead atoms. The lowest BCUT2D eigenvalue weighted by atomic mass is 9.90. The van der Waals surface area contributed by atoms with Crippen molar-refractivity contribution >= 4 is 44.8 Å². The zero-order valence-electron chi connectivity index (χ0n) is 11.2. The second-order valence-electron chi connectivity index (χ2n) is 4.97. The van der Waals surface area contributed by atoms with Crippen molar-refractivity contribution in [3.8, 4) is 0 Å². The van der Waals surface area contributed by atoms with Gasteiger partial charge in [-0.15, -0.1) is 0 Å². The Kier molecular flexibility index (Phi) is 4.17. The minimum absolute atomic E-state index is 0.00748. The lowest BCUT2D eigenvalue weighted by Gasteiger charge is -2.26. The number of benzene rings is 2. The Balaban J connectivity index is 1.85. The van der Waals surface area contributed by atoms with Gasteiger partial charge in [0, 0.05) is 21.7 Å². The first kappa shape index (κ1) is 14.4. The molecular weight excluding hydrogens is 352 g/mol. The maximum atomic E-state index is 12.6. The van der Waals surface area contributed by atoms with E-state index in [1.165, 1.54) is 0 Å². The van der Waals surface area contributed by atoms with E-state index in [1.54, 1.807) is 12.1 Å². The molecule has 1 aliphatic rings. The monoisotopic (exact) mass is 364 g/mol. The Hall–Kier alpha value is -1.52. The molecule has 0 saturated heterocycles. The number of hydrogen-bond acceptors (Lipinski definition) is 2. The van der Waals surface area contributed by atoms with Crippen LogP contribution < -0.4 is 10.6 Å². The predicted molar refractivity (Wildman–Crippen MR) is 90.1 cm³/mol. The highest BCUT2D eigenvalue weighted by Crippen LogP contribution is 2.33. The number of para-hydroxylation sites is 1. The summed E-state index contributed by atoms with van der Waals surface area (Å²) in [5.41, 5.74) is 2.77. The predicted octanol–water partition coefficient (Wildman–Crippen LogP) is 4.64. The number of halogens is 2. The van der Waals surface area contributed by atoms with Gasteiger partial charge in [-0.3, -0.25) is 4.79 Å². The molecule has 0 spiro atoms. The normalized spacial score (nSPS) is 16.8. The lowest BCUT2D eigenvalue weighted by Crippen LogP contribution is -2.27. The van der Waals surface area contributed by atoms with Crippen LogP contribution in [0.3, 0.4) is 0 Å². The summed E-state index contributed by atoms with van der Waals surface area (Å²) in [6.07, 6.45) is 0.779. The maximum absolute atomic E-state index is 12.6. The number of amides is 1. The molecule has 1 heterocycles. The minimum Gasteiger partial charge on any atom is -0.385 e. The zero-order chi connectivity index (χ0) is 14.8. The van der Waals surface area contributed by atoms with Crippen LogP contribution >= 0.6 is 27.5 Å². The molecule has 2 N–H and O–H groups in total. The largest absolute Gasteiger partial charge is 0.385 e. The van der Waals surface area contributed by atoms with E-state index in [1.807, 2.05) is 30.3 Å². The van der Waals surface area contributed by atoms with E-state index >= 15 is 0 Å². The van der Waals surface area contributed by atoms with Crippen LogP contribution in [0.2, 0.25) is 5.02 Å². The Morgan fingerprint density at radius 2 is 2.10 bits per heavy atom. The number of carbonyl (C=O) groups is 1. The van der Waals surface area contributed by atoms with Gasteiger partial charge in [0.25, 0.3) is 0 Å². The fourth-order valence-electron chi connectivity index (χ4n) is 2.55. The van der Waals surface area contributed by atoms with Crippen molar-refractivity contribution in [3.63, 3.8) is 0 Å². The lowest BCUT2D eigenvalue weighted by molar-refractivity contribution is -0.117. The van der Waals surface area contributed by atoms with Crippen LogP contribution in [0, 0.1) is 0 Å². The molecule has 0 aliphatic carbocycles. The topological polar surface area (TPSA) is 41.1 Å². The van der Waals surface area contributed by atoms with E-state index in [-0.39, 0.29) is 11.8 Å². The van der Waals surface area contributed by atoms with Crippen LogP contribution in [0.5, 0.6) is 0 Å². The second-order valence-corrected chi connectivity index (χ2v) is 6.26. The highest BCUT2D eigenvalue weighted by molar-refractivity contribution is 9.10. The molecule has 21 heavy (non-hydrogen) atoms. The zero-order valence-corrected chi connectivity index (χ0v) is 13.5. The Morgan fingerprint density at radius 3 is 2.95 bits per heavy atom. The quantitative estimate of drug-likeness (QED) is 0.814. The molecule has 5 heteroatoms. The van der Waals surface area contributed by atoms with Gasteiger partial charge in [0.05, 0.1) is 11.6 Å². The number of rotatable bonds is 2. The van der Waals surface area contributed by atoms with Gasteiger partial charge in [-0.25, -0.2) is 0 Å². The van der Waals surface area contributed by atoms with E-state index < -0.39 is 0 Å². The fraction of sp³-hybridized carbons (Fsp3) is 0.188. The maximum Gasteiger partial charge on any atom is 0.232 e. The Morgan fingerprint density at radius 1 is 1.29 bits per heavy atom. The third-order valence-electron chi connectivity index (χ3n) is 3.59. The molecule has 0 aromatic heterocycles. The summed E-state index contributed by atoms with van der Waals surface area (Å²) in [7, 11) is 0. The van der Waals surface area contributed by atoms with Crippen LogP contribution in [-0.2, 0) is 4.79 Å². The second kappa shape index (κ2) is 6.08. The van der Waals surface area contributed by atoms with Crippen LogP contribution in [0.1, 0.15) is 17.9 Å². The average molecular weight is 366 g/mol. The number of anilines is 2. The van der Waals surface area contributed by atoms with Crippen LogP contribution in [0.25, 0.3) is 0 Å². The molecule has 0 radical (unpaired) electrons. The first-order chi connectivity index (χ1) is 10.1. The van der Waals surface area contributed by atoms with E-state index in [0.29, 0.717) is 10.7 Å². The van der Waals surface area contributed by atoms with Gasteiger partial charge in [-0.05, 0) is 52.2 Å². The Bertz CT molecular complexity index is 690. The number of hydrogen-bond donors (Lipinski definition) is 2. The molecule has 0 fully saturated rings. The molecule has 2 aromatic rings. The molecule has 1 aliphatic heterocycles. The summed E-state index contributed by atoms with van der Waals surface area (Å²) in [5.74, 6) is -0.153. The third-order valence-corrected chi connectivity index (χ3v) is 4.51. The van der Waals surface area contributed by atoms with E-state index in [4.69, 9.17) is 11.6 Å². The van der Waals surface area contributed by atoms with E-state index in [9.17, 15) is 4.79 Å². The van der Waals surface area contributed by atoms with Crippen molar-refractivity contribution in [2.45, 2.75) is 12.3 Å². The molecule has 1 amide bonds. The summed E-state index contributed by atoms with van der Waals surface area (Å²) < 4.78 is 0.822. The van der Waals surface area contributed by atoms with Gasteiger partial charge in [0.2, 0.25) is 5.91 Å². The summed E-state index contributed by atoms with van der Waals surface area (Å²) in [4.78, 5) is 12.6. The number of nitrogens with one attached hydrogen (secondary N) is 2. The summed E-state index contributed by atoms with van der Waals surface area (Å²) >= 11 is 9.41. The van der Waals surface area contributed by atoms with E-state index in [0.717, 1.165) is 28.7 Å². The van der Waals surface area contributed by atoms with Gasteiger partial charge in [0.15, 0.2) is 0 Å². The highest BCUT2D eigenvalue weighted by atomic mass is 79.9. The van der Waals surface area contributed by atoms with Gasteiger partial charge in [0.1, 0.15) is 0 Å². The molecule has 1 unspecified atom stereocenters. The summed E-state index contributed by atoms with van der Waals surface area (Å²) in [6, 6.07) is 13.3. The fourth-order valence-corrected chi connectivity index (χ4v) is 3.07. The molecule has 3 rings (SSSR count). The summed E-state index contributed by atoms with van der Waals surface area (Å²) in [6.45, 7) is 0.797. The van der Waals surface area contributed by atoms with Crippen molar-refractivity contribution in [2.24, 2.45) is 0 Å². The third kappa shape index (κ3) is 3.06. The first-order valence-corrected chi connectivity index (χ1v) is 7.91. The van der Waals surface area contributed by atoms with Crippen LogP contribution in [0.4, 0.5) is 11.4 Å². The van der Waals surface area contributed by atoms with Crippen LogP contribution in [0.15, 0.2) is 46.9 Å². The first-order valence-electron chi connectivity index (χ1n) is 6.74. The van der Waals surface area contributed by atoms with Gasteiger partial charge in [-0.2, -0.15) is 0 Å². The number of carbonyl (C=O) groups excluding carboxylic acids is 1. The number of fused-ring (bicyclic) bond motifs is 1. The van der Waals surface area contributed by atoms with Crippen LogP contribution in [-0.4, -0.2) is 12.5 Å². The van der Waals surface area contributed by atoms with Crippen molar-refractivity contribution in [1.29, 1.82) is 0 Å². The minimum atomic E-state index is -0.145. The van der Waals surface area contributed by atoms with Crippen molar-refractivity contribution < 1.29 is 4.79 Å². The average Bonchev–Trinajstić information content (AvgIpc) is 2.50. The van der Waals surface area contributed by atoms with Gasteiger partial charge < -0.3 is 10.6 Å². The van der Waals surface area contributed by atoms with Crippen molar-refractivity contribution in [1.82, 2.24) is 0 Å². The van der Waals surface area contributed by atoms with Gasteiger partial charge in [-0.1, -0.05) is 29.8 Å². The molecule has 108 valence electrons. The molecule has 0 saturated carbocycles. The Labute approximate surface area is 136 Å². The molecule has 1 atom stereocenters.